The van der Waals surface area contributed by atoms with E-state index in [1.54, 1.807) is 11.1 Å². The average molecular weight is 253 g/mol. The van der Waals surface area contributed by atoms with E-state index in [2.05, 4.69) is 0 Å². The average Bonchev–Trinajstić information content (AvgIpc) is 2.67. The van der Waals surface area contributed by atoms with Gasteiger partial charge in [-0.25, -0.2) is 0 Å². The minimum atomic E-state index is -0.0881. The Morgan fingerprint density at radius 1 is 1.47 bits per heavy atom. The van der Waals surface area contributed by atoms with Gasteiger partial charge in [0.05, 0.1) is 22.7 Å². The molecule has 2 rings (SSSR count). The van der Waals surface area contributed by atoms with Gasteiger partial charge in [0.2, 0.25) is 0 Å². The van der Waals surface area contributed by atoms with Crippen molar-refractivity contribution in [2.75, 3.05) is 20.3 Å². The molecule has 2 aromatic rings. The van der Waals surface area contributed by atoms with Crippen LogP contribution in [-0.2, 0) is 4.74 Å². The van der Waals surface area contributed by atoms with Gasteiger partial charge in [0, 0.05) is 13.7 Å². The fourth-order valence-corrected chi connectivity index (χ4v) is 2.94. The van der Waals surface area contributed by atoms with Gasteiger partial charge < -0.3 is 9.84 Å². The molecule has 1 unspecified atom stereocenters. The van der Waals surface area contributed by atoms with Crippen LogP contribution in [0.2, 0.25) is 0 Å². The molecule has 0 spiro atoms. The first kappa shape index (κ1) is 12.3. The smallest absolute Gasteiger partial charge is 0.268 e. The molecule has 1 heterocycles. The highest BCUT2D eigenvalue weighted by atomic mass is 32.1. The SMILES string of the molecule is COCC(CCO)n1sc2ccccc2c1=O. The van der Waals surface area contributed by atoms with Crippen LogP contribution in [0.15, 0.2) is 29.1 Å². The molecule has 0 aliphatic heterocycles. The lowest BCUT2D eigenvalue weighted by Gasteiger charge is -2.14. The zero-order chi connectivity index (χ0) is 12.3. The Labute approximate surface area is 103 Å². The van der Waals surface area contributed by atoms with Gasteiger partial charge >= 0.3 is 0 Å². The van der Waals surface area contributed by atoms with Crippen LogP contribution in [-0.4, -0.2) is 29.4 Å². The number of aliphatic hydroxyl groups is 1. The third-order valence-electron chi connectivity index (χ3n) is 2.67. The first-order valence-corrected chi connectivity index (χ1v) is 6.25. The summed E-state index contributed by atoms with van der Waals surface area (Å²) in [4.78, 5) is 12.2. The summed E-state index contributed by atoms with van der Waals surface area (Å²) in [5.74, 6) is 0. The number of aliphatic hydroxyl groups excluding tert-OH is 1. The normalized spacial score (nSPS) is 13.1. The van der Waals surface area contributed by atoms with Crippen molar-refractivity contribution in [3.8, 4) is 0 Å². The molecule has 0 fully saturated rings. The molecule has 1 aromatic heterocycles. The molecule has 1 aromatic carbocycles. The number of benzene rings is 1. The van der Waals surface area contributed by atoms with E-state index < -0.39 is 0 Å². The Morgan fingerprint density at radius 3 is 2.88 bits per heavy atom. The van der Waals surface area contributed by atoms with Gasteiger partial charge in [-0.05, 0) is 18.6 Å². The summed E-state index contributed by atoms with van der Waals surface area (Å²) in [5, 5.41) is 9.76. The second kappa shape index (κ2) is 5.44. The molecule has 0 bridgehead atoms. The zero-order valence-corrected chi connectivity index (χ0v) is 10.4. The maximum atomic E-state index is 12.2. The van der Waals surface area contributed by atoms with Crippen LogP contribution in [0.1, 0.15) is 12.5 Å². The van der Waals surface area contributed by atoms with Crippen molar-refractivity contribution >= 4 is 21.6 Å². The molecule has 1 atom stereocenters. The number of methoxy groups -OCH3 is 1. The van der Waals surface area contributed by atoms with E-state index in [4.69, 9.17) is 9.84 Å². The number of ether oxygens (including phenoxy) is 1. The summed E-state index contributed by atoms with van der Waals surface area (Å²) in [7, 11) is 1.60. The Kier molecular flexibility index (Phi) is 3.93. The molecule has 92 valence electrons. The maximum Gasteiger partial charge on any atom is 0.268 e. The van der Waals surface area contributed by atoms with Crippen molar-refractivity contribution in [2.24, 2.45) is 0 Å². The Morgan fingerprint density at radius 2 is 2.24 bits per heavy atom. The number of aromatic nitrogens is 1. The highest BCUT2D eigenvalue weighted by molar-refractivity contribution is 7.13. The molecule has 1 N–H and O–H groups in total. The van der Waals surface area contributed by atoms with Crippen molar-refractivity contribution in [1.29, 1.82) is 0 Å². The van der Waals surface area contributed by atoms with Crippen LogP contribution in [0.3, 0.4) is 0 Å². The van der Waals surface area contributed by atoms with Crippen LogP contribution >= 0.6 is 11.5 Å². The summed E-state index contributed by atoms with van der Waals surface area (Å²) in [5.41, 5.74) is 0.00102. The van der Waals surface area contributed by atoms with Gasteiger partial charge in [-0.3, -0.25) is 8.75 Å². The summed E-state index contributed by atoms with van der Waals surface area (Å²) in [6, 6.07) is 7.45. The van der Waals surface area contributed by atoms with Gasteiger partial charge in [-0.1, -0.05) is 23.7 Å². The van der Waals surface area contributed by atoms with Crippen LogP contribution in [0.5, 0.6) is 0 Å². The maximum absolute atomic E-state index is 12.2. The molecule has 0 aliphatic carbocycles. The van der Waals surface area contributed by atoms with Crippen molar-refractivity contribution in [3.05, 3.63) is 34.6 Å². The van der Waals surface area contributed by atoms with E-state index in [-0.39, 0.29) is 18.2 Å². The lowest BCUT2D eigenvalue weighted by atomic mass is 10.2. The Bertz CT molecular complexity index is 540. The minimum Gasteiger partial charge on any atom is -0.396 e. The molecular formula is C12H15NO3S. The van der Waals surface area contributed by atoms with Crippen LogP contribution in [0.25, 0.3) is 10.1 Å². The van der Waals surface area contributed by atoms with Crippen LogP contribution in [0.4, 0.5) is 0 Å². The predicted octanol–water partition coefficient (Wildman–Crippen LogP) is 1.63. The number of hydrogen-bond donors (Lipinski definition) is 1. The Balaban J connectivity index is 2.46. The van der Waals surface area contributed by atoms with Crippen LogP contribution < -0.4 is 5.56 Å². The number of fused-ring (bicyclic) bond motifs is 1. The highest BCUT2D eigenvalue weighted by Gasteiger charge is 2.16. The number of hydrogen-bond acceptors (Lipinski definition) is 4. The summed E-state index contributed by atoms with van der Waals surface area (Å²) >= 11 is 1.42. The van der Waals surface area contributed by atoms with E-state index >= 15 is 0 Å². The van der Waals surface area contributed by atoms with Gasteiger partial charge in [0.25, 0.3) is 5.56 Å². The standard InChI is InChI=1S/C12H15NO3S/c1-16-8-9(6-7-14)13-12(15)10-4-2-3-5-11(10)17-13/h2-5,9,14H,6-8H2,1H3. The van der Waals surface area contributed by atoms with E-state index in [1.165, 1.54) is 11.5 Å². The zero-order valence-electron chi connectivity index (χ0n) is 9.63. The van der Waals surface area contributed by atoms with Gasteiger partial charge in [0.15, 0.2) is 0 Å². The minimum absolute atomic E-state index is 0.00102. The largest absolute Gasteiger partial charge is 0.396 e. The molecular weight excluding hydrogens is 238 g/mol. The fraction of sp³-hybridized carbons (Fsp3) is 0.417. The molecule has 0 saturated carbocycles. The first-order valence-electron chi connectivity index (χ1n) is 5.48. The molecule has 4 nitrogen and oxygen atoms in total. The molecule has 0 saturated heterocycles. The number of rotatable bonds is 5. The van der Waals surface area contributed by atoms with E-state index in [1.807, 2.05) is 24.3 Å². The van der Waals surface area contributed by atoms with E-state index in [0.717, 1.165) is 10.1 Å². The highest BCUT2D eigenvalue weighted by Crippen LogP contribution is 2.21. The third-order valence-corrected chi connectivity index (χ3v) is 3.88. The lowest BCUT2D eigenvalue weighted by molar-refractivity contribution is 0.140. The number of nitrogens with zero attached hydrogens (tertiary/aromatic N) is 1. The summed E-state index contributed by atoms with van der Waals surface area (Å²) < 4.78 is 7.77. The lowest BCUT2D eigenvalue weighted by Crippen LogP contribution is -2.23. The van der Waals surface area contributed by atoms with Crippen molar-refractivity contribution < 1.29 is 9.84 Å². The monoisotopic (exact) mass is 253 g/mol. The van der Waals surface area contributed by atoms with Gasteiger partial charge in [-0.2, -0.15) is 0 Å². The third kappa shape index (κ3) is 2.41. The predicted molar refractivity (Wildman–Crippen MR) is 68.7 cm³/mol. The second-order valence-corrected chi connectivity index (χ2v) is 4.86. The van der Waals surface area contributed by atoms with Crippen LogP contribution in [0, 0.1) is 0 Å². The quantitative estimate of drug-likeness (QED) is 0.881. The summed E-state index contributed by atoms with van der Waals surface area (Å²) in [6.45, 7) is 0.488. The van der Waals surface area contributed by atoms with Crippen molar-refractivity contribution in [2.45, 2.75) is 12.5 Å². The fourth-order valence-electron chi connectivity index (χ4n) is 1.84. The molecule has 5 heteroatoms. The second-order valence-electron chi connectivity index (χ2n) is 3.84. The van der Waals surface area contributed by atoms with E-state index in [0.29, 0.717) is 13.0 Å². The molecule has 0 amide bonds. The summed E-state index contributed by atoms with van der Waals surface area (Å²) in [6.07, 6.45) is 0.528. The van der Waals surface area contributed by atoms with Gasteiger partial charge in [-0.15, -0.1) is 0 Å². The topological polar surface area (TPSA) is 51.5 Å². The van der Waals surface area contributed by atoms with Gasteiger partial charge in [0.1, 0.15) is 0 Å². The van der Waals surface area contributed by atoms with Crippen molar-refractivity contribution in [1.82, 2.24) is 3.96 Å². The molecule has 17 heavy (non-hydrogen) atoms. The molecule has 0 aliphatic rings. The first-order chi connectivity index (χ1) is 8.27. The molecule has 0 radical (unpaired) electrons. The van der Waals surface area contributed by atoms with Crippen molar-refractivity contribution in [3.63, 3.8) is 0 Å². The van der Waals surface area contributed by atoms with E-state index in [9.17, 15) is 4.79 Å². The Hall–Kier alpha value is -1.17.